The number of ether oxygens (including phenoxy) is 1. The number of likely N-dealkylation sites (tertiary alicyclic amines) is 1. The second-order valence-corrected chi connectivity index (χ2v) is 6.81. The molecule has 2 heterocycles. The largest absolute Gasteiger partial charge is 0.444 e. The first-order valence-corrected chi connectivity index (χ1v) is 7.40. The van der Waals surface area contributed by atoms with Gasteiger partial charge in [0.1, 0.15) is 5.60 Å². The number of hydrogen-bond acceptors (Lipinski definition) is 4. The summed E-state index contributed by atoms with van der Waals surface area (Å²) in [6.45, 7) is 11.2. The molecule has 1 aromatic rings. The number of amides is 1. The minimum absolute atomic E-state index is 0.226. The highest BCUT2D eigenvalue weighted by molar-refractivity contribution is 5.69. The van der Waals surface area contributed by atoms with Gasteiger partial charge in [-0.2, -0.15) is 5.10 Å². The highest BCUT2D eigenvalue weighted by atomic mass is 16.6. The molecule has 2 rings (SSSR count). The lowest BCUT2D eigenvalue weighted by atomic mass is 10.1. The Morgan fingerprint density at radius 1 is 1.48 bits per heavy atom. The van der Waals surface area contributed by atoms with Crippen LogP contribution < -0.4 is 5.32 Å². The van der Waals surface area contributed by atoms with Gasteiger partial charge in [-0.15, -0.1) is 0 Å². The molecule has 0 aliphatic carbocycles. The molecule has 1 fully saturated rings. The van der Waals surface area contributed by atoms with Gasteiger partial charge in [-0.25, -0.2) is 4.79 Å². The van der Waals surface area contributed by atoms with E-state index in [-0.39, 0.29) is 12.1 Å². The van der Waals surface area contributed by atoms with Gasteiger partial charge in [0, 0.05) is 44.0 Å². The third-order valence-electron chi connectivity index (χ3n) is 3.54. The van der Waals surface area contributed by atoms with Crippen LogP contribution in [0.1, 0.15) is 45.0 Å². The maximum atomic E-state index is 11.9. The first-order valence-electron chi connectivity index (χ1n) is 7.40. The van der Waals surface area contributed by atoms with E-state index >= 15 is 0 Å². The summed E-state index contributed by atoms with van der Waals surface area (Å²) in [6.07, 6.45) is 1.81. The second kappa shape index (κ2) is 5.67. The Balaban J connectivity index is 1.80. The van der Waals surface area contributed by atoms with Gasteiger partial charge >= 0.3 is 6.09 Å². The molecule has 1 atom stereocenters. The predicted octanol–water partition coefficient (Wildman–Crippen LogP) is 2.00. The van der Waals surface area contributed by atoms with Crippen molar-refractivity contribution in [1.29, 1.82) is 0 Å². The van der Waals surface area contributed by atoms with Crippen molar-refractivity contribution in [3.8, 4) is 0 Å². The van der Waals surface area contributed by atoms with Crippen LogP contribution in [-0.4, -0.2) is 45.5 Å². The van der Waals surface area contributed by atoms with E-state index in [1.807, 2.05) is 45.6 Å². The Labute approximate surface area is 126 Å². The number of aryl methyl sites for hydroxylation is 2. The van der Waals surface area contributed by atoms with Crippen LogP contribution in [0.5, 0.6) is 0 Å². The van der Waals surface area contributed by atoms with Gasteiger partial charge in [-0.05, 0) is 34.6 Å². The average Bonchev–Trinajstić information content (AvgIpc) is 2.59. The number of carbonyl (C=O) groups excluding carboxylic acids is 1. The smallest absolute Gasteiger partial charge is 0.410 e. The lowest BCUT2D eigenvalue weighted by Gasteiger charge is -2.41. The Bertz CT molecular complexity index is 512. The molecule has 0 radical (unpaired) electrons. The van der Waals surface area contributed by atoms with E-state index in [1.165, 1.54) is 5.56 Å². The Kier molecular flexibility index (Phi) is 4.27. The summed E-state index contributed by atoms with van der Waals surface area (Å²) in [5, 5.41) is 7.89. The molecule has 0 bridgehead atoms. The van der Waals surface area contributed by atoms with Crippen molar-refractivity contribution in [1.82, 2.24) is 20.0 Å². The lowest BCUT2D eigenvalue weighted by Crippen LogP contribution is -2.60. The quantitative estimate of drug-likeness (QED) is 0.926. The predicted molar refractivity (Wildman–Crippen MR) is 81.1 cm³/mol. The molecule has 1 aromatic heterocycles. The van der Waals surface area contributed by atoms with E-state index in [2.05, 4.69) is 17.3 Å². The van der Waals surface area contributed by atoms with Crippen molar-refractivity contribution in [3.63, 3.8) is 0 Å². The van der Waals surface area contributed by atoms with Crippen LogP contribution >= 0.6 is 0 Å². The molecular formula is C15H26N4O2. The van der Waals surface area contributed by atoms with Gasteiger partial charge in [-0.3, -0.25) is 4.68 Å². The SMILES string of the molecule is Cc1nn(C)cc1C(C)NC1CN(C(=O)OC(C)(C)C)C1. The van der Waals surface area contributed by atoms with Crippen LogP contribution in [0, 0.1) is 6.92 Å². The fourth-order valence-corrected chi connectivity index (χ4v) is 2.55. The van der Waals surface area contributed by atoms with Gasteiger partial charge in [0.05, 0.1) is 5.69 Å². The first-order chi connectivity index (χ1) is 9.65. The highest BCUT2D eigenvalue weighted by Gasteiger charge is 2.34. The molecule has 1 saturated heterocycles. The summed E-state index contributed by atoms with van der Waals surface area (Å²) >= 11 is 0. The summed E-state index contributed by atoms with van der Waals surface area (Å²) in [5.74, 6) is 0. The van der Waals surface area contributed by atoms with Gasteiger partial charge in [0.25, 0.3) is 0 Å². The van der Waals surface area contributed by atoms with Gasteiger partial charge in [0.15, 0.2) is 0 Å². The van der Waals surface area contributed by atoms with Crippen LogP contribution in [-0.2, 0) is 11.8 Å². The zero-order chi connectivity index (χ0) is 15.8. The molecule has 6 nitrogen and oxygen atoms in total. The Hall–Kier alpha value is -1.56. The van der Waals surface area contributed by atoms with Crippen LogP contribution in [0.4, 0.5) is 4.79 Å². The van der Waals surface area contributed by atoms with E-state index in [1.54, 1.807) is 4.90 Å². The van der Waals surface area contributed by atoms with Crippen LogP contribution in [0.3, 0.4) is 0 Å². The fourth-order valence-electron chi connectivity index (χ4n) is 2.55. The second-order valence-electron chi connectivity index (χ2n) is 6.81. The summed E-state index contributed by atoms with van der Waals surface area (Å²) in [5.41, 5.74) is 1.81. The van der Waals surface area contributed by atoms with E-state index in [9.17, 15) is 4.79 Å². The van der Waals surface area contributed by atoms with E-state index in [0.29, 0.717) is 19.1 Å². The van der Waals surface area contributed by atoms with E-state index in [4.69, 9.17) is 4.74 Å². The standard InChI is InChI=1S/C15H26N4O2/c1-10(13-9-18(6)17-11(13)2)16-12-7-19(8-12)14(20)21-15(3,4)5/h9-10,12,16H,7-8H2,1-6H3. The number of aromatic nitrogens is 2. The third-order valence-corrected chi connectivity index (χ3v) is 3.54. The zero-order valence-corrected chi connectivity index (χ0v) is 13.8. The maximum Gasteiger partial charge on any atom is 0.410 e. The molecule has 0 saturated carbocycles. The Morgan fingerprint density at radius 3 is 2.57 bits per heavy atom. The van der Waals surface area contributed by atoms with Gasteiger partial charge in [-0.1, -0.05) is 0 Å². The molecule has 1 aliphatic rings. The molecule has 1 unspecified atom stereocenters. The van der Waals surface area contributed by atoms with E-state index in [0.717, 1.165) is 5.69 Å². The molecule has 118 valence electrons. The number of hydrogen-bond donors (Lipinski definition) is 1. The van der Waals surface area contributed by atoms with E-state index < -0.39 is 5.60 Å². The minimum atomic E-state index is -0.435. The Morgan fingerprint density at radius 2 is 2.10 bits per heavy atom. The topological polar surface area (TPSA) is 59.4 Å². The zero-order valence-electron chi connectivity index (χ0n) is 13.8. The molecule has 6 heteroatoms. The molecule has 0 spiro atoms. The fraction of sp³-hybridized carbons (Fsp3) is 0.733. The molecule has 1 amide bonds. The van der Waals surface area contributed by atoms with Crippen molar-refractivity contribution in [2.75, 3.05) is 13.1 Å². The first kappa shape index (κ1) is 15.8. The summed E-state index contributed by atoms with van der Waals surface area (Å²) < 4.78 is 7.18. The van der Waals surface area contributed by atoms with Crippen LogP contribution in [0.15, 0.2) is 6.20 Å². The third kappa shape index (κ3) is 3.97. The number of carbonyl (C=O) groups is 1. The monoisotopic (exact) mass is 294 g/mol. The van der Waals surface area contributed by atoms with Crippen molar-refractivity contribution < 1.29 is 9.53 Å². The molecule has 1 aliphatic heterocycles. The summed E-state index contributed by atoms with van der Waals surface area (Å²) in [6, 6.07) is 0.539. The minimum Gasteiger partial charge on any atom is -0.444 e. The van der Waals surface area contributed by atoms with Gasteiger partial charge in [0.2, 0.25) is 0 Å². The number of rotatable bonds is 3. The van der Waals surface area contributed by atoms with Crippen molar-refractivity contribution in [3.05, 3.63) is 17.5 Å². The lowest BCUT2D eigenvalue weighted by molar-refractivity contribution is 0.00433. The summed E-state index contributed by atoms with van der Waals surface area (Å²) in [4.78, 5) is 13.6. The van der Waals surface area contributed by atoms with Gasteiger partial charge < -0.3 is 15.0 Å². The average molecular weight is 294 g/mol. The van der Waals surface area contributed by atoms with Crippen LogP contribution in [0.2, 0.25) is 0 Å². The maximum absolute atomic E-state index is 11.9. The molecule has 21 heavy (non-hydrogen) atoms. The highest BCUT2D eigenvalue weighted by Crippen LogP contribution is 2.20. The molecule has 0 aromatic carbocycles. The number of nitrogens with zero attached hydrogens (tertiary/aromatic N) is 3. The summed E-state index contributed by atoms with van der Waals surface area (Å²) in [7, 11) is 1.93. The van der Waals surface area contributed by atoms with Crippen LogP contribution in [0.25, 0.3) is 0 Å². The van der Waals surface area contributed by atoms with Crippen molar-refractivity contribution in [2.24, 2.45) is 7.05 Å². The number of nitrogens with one attached hydrogen (secondary N) is 1. The molecular weight excluding hydrogens is 268 g/mol. The normalized spacial score (nSPS) is 17.5. The van der Waals surface area contributed by atoms with Crippen molar-refractivity contribution >= 4 is 6.09 Å². The van der Waals surface area contributed by atoms with Crippen molar-refractivity contribution in [2.45, 2.75) is 52.3 Å². The molecule has 1 N–H and O–H groups in total.